The molecule has 0 bridgehead atoms. The molecule has 0 radical (unpaired) electrons. The quantitative estimate of drug-likeness (QED) is 0.907. The number of aromatic nitrogens is 2. The van der Waals surface area contributed by atoms with E-state index in [-0.39, 0.29) is 6.04 Å². The van der Waals surface area contributed by atoms with Crippen LogP contribution in [0.15, 0.2) is 12.5 Å². The summed E-state index contributed by atoms with van der Waals surface area (Å²) in [5.74, 6) is 0. The number of hydrogen-bond donors (Lipinski definition) is 1. The minimum Gasteiger partial charge on any atom is -0.331 e. The fraction of sp³-hybridized carbons (Fsp3) is 0.800. The van der Waals surface area contributed by atoms with E-state index in [9.17, 15) is 0 Å². The molecule has 1 fully saturated rings. The van der Waals surface area contributed by atoms with Gasteiger partial charge in [-0.25, -0.2) is 4.98 Å². The van der Waals surface area contributed by atoms with Crippen LogP contribution in [0.4, 0.5) is 0 Å². The number of likely N-dealkylation sites (N-methyl/N-ethyl adjacent to an activating group) is 1. The van der Waals surface area contributed by atoms with Gasteiger partial charge in [0.25, 0.3) is 0 Å². The minimum absolute atomic E-state index is 0.265. The lowest BCUT2D eigenvalue weighted by molar-refractivity contribution is 0.140. The Balaban J connectivity index is 2.24. The summed E-state index contributed by atoms with van der Waals surface area (Å²) in [6.45, 7) is 10.7. The van der Waals surface area contributed by atoms with E-state index in [1.54, 1.807) is 0 Å². The van der Waals surface area contributed by atoms with Crippen molar-refractivity contribution in [3.8, 4) is 0 Å². The second-order valence-electron chi connectivity index (χ2n) is 6.27. The summed E-state index contributed by atoms with van der Waals surface area (Å²) in [5, 5.41) is 0. The van der Waals surface area contributed by atoms with Crippen molar-refractivity contribution in [3.05, 3.63) is 18.2 Å². The van der Waals surface area contributed by atoms with Crippen LogP contribution >= 0.6 is 0 Å². The number of nitrogens with two attached hydrogens (primary N) is 1. The van der Waals surface area contributed by atoms with Crippen molar-refractivity contribution in [2.24, 2.45) is 5.73 Å². The summed E-state index contributed by atoms with van der Waals surface area (Å²) in [5.41, 5.74) is 7.36. The molecule has 1 aromatic heterocycles. The molecule has 2 unspecified atom stereocenters. The normalized spacial score (nSPS) is 24.0. The van der Waals surface area contributed by atoms with E-state index in [0.29, 0.717) is 18.6 Å². The van der Waals surface area contributed by atoms with Crippen molar-refractivity contribution >= 4 is 0 Å². The highest BCUT2D eigenvalue weighted by atomic mass is 15.3. The largest absolute Gasteiger partial charge is 0.331 e. The number of nitrogens with zero attached hydrogens (tertiary/aromatic N) is 4. The molecule has 0 saturated carbocycles. The average Bonchev–Trinajstić information content (AvgIpc) is 2.80. The molecule has 5 nitrogen and oxygen atoms in total. The molecule has 2 heterocycles. The summed E-state index contributed by atoms with van der Waals surface area (Å²) in [6, 6.07) is 1.21. The third-order valence-corrected chi connectivity index (χ3v) is 4.32. The van der Waals surface area contributed by atoms with Gasteiger partial charge in [-0.3, -0.25) is 4.90 Å². The maximum atomic E-state index is 6.12. The Morgan fingerprint density at radius 3 is 2.80 bits per heavy atom. The van der Waals surface area contributed by atoms with Gasteiger partial charge in [-0.05, 0) is 40.8 Å². The predicted molar refractivity (Wildman–Crippen MR) is 82.7 cm³/mol. The third kappa shape index (κ3) is 3.22. The summed E-state index contributed by atoms with van der Waals surface area (Å²) >= 11 is 0. The molecule has 2 rings (SSSR count). The fourth-order valence-corrected chi connectivity index (χ4v) is 3.28. The Morgan fingerprint density at radius 1 is 1.40 bits per heavy atom. The van der Waals surface area contributed by atoms with Crippen molar-refractivity contribution in [2.45, 2.75) is 45.3 Å². The van der Waals surface area contributed by atoms with Gasteiger partial charge in [0.05, 0.1) is 18.1 Å². The highest BCUT2D eigenvalue weighted by molar-refractivity contribution is 5.08. The van der Waals surface area contributed by atoms with Crippen LogP contribution in [0.3, 0.4) is 0 Å². The van der Waals surface area contributed by atoms with Gasteiger partial charge in [0, 0.05) is 37.9 Å². The Bertz CT molecular complexity index is 414. The molecular weight excluding hydrogens is 250 g/mol. The van der Waals surface area contributed by atoms with E-state index < -0.39 is 0 Å². The molecule has 2 N–H and O–H groups in total. The zero-order chi connectivity index (χ0) is 14.7. The van der Waals surface area contributed by atoms with Gasteiger partial charge in [-0.1, -0.05) is 0 Å². The third-order valence-electron chi connectivity index (χ3n) is 4.32. The lowest BCUT2D eigenvalue weighted by atomic mass is 10.1. The first-order valence-corrected chi connectivity index (χ1v) is 7.70. The summed E-state index contributed by atoms with van der Waals surface area (Å²) in [7, 11) is 2.20. The number of rotatable bonds is 4. The standard InChI is InChI=1S/C15H29N5/c1-12(2)20-11-17-9-15(20)14(8-16)19-7-5-6-18(4)10-13(19)3/h9,11-14H,5-8,10,16H2,1-4H3. The van der Waals surface area contributed by atoms with Crippen molar-refractivity contribution in [1.29, 1.82) is 0 Å². The Kier molecular flexibility index (Phi) is 5.18. The maximum Gasteiger partial charge on any atom is 0.0951 e. The lowest BCUT2D eigenvalue weighted by Gasteiger charge is -2.35. The zero-order valence-electron chi connectivity index (χ0n) is 13.3. The van der Waals surface area contributed by atoms with Crippen LogP contribution in [0.1, 0.15) is 45.0 Å². The van der Waals surface area contributed by atoms with Gasteiger partial charge in [-0.2, -0.15) is 0 Å². The smallest absolute Gasteiger partial charge is 0.0951 e. The zero-order valence-corrected chi connectivity index (χ0v) is 13.3. The molecule has 0 amide bonds. The van der Waals surface area contributed by atoms with Crippen molar-refractivity contribution in [2.75, 3.05) is 33.2 Å². The molecule has 5 heteroatoms. The number of imidazole rings is 1. The molecule has 0 spiro atoms. The molecule has 114 valence electrons. The van der Waals surface area contributed by atoms with Crippen LogP contribution in [0.25, 0.3) is 0 Å². The molecule has 2 atom stereocenters. The molecule has 1 aromatic rings. The summed E-state index contributed by atoms with van der Waals surface area (Å²) in [4.78, 5) is 9.31. The van der Waals surface area contributed by atoms with E-state index >= 15 is 0 Å². The highest BCUT2D eigenvalue weighted by Gasteiger charge is 2.29. The second kappa shape index (κ2) is 6.70. The van der Waals surface area contributed by atoms with Crippen molar-refractivity contribution in [1.82, 2.24) is 19.4 Å². The fourth-order valence-electron chi connectivity index (χ4n) is 3.28. The van der Waals surface area contributed by atoms with Gasteiger partial charge >= 0.3 is 0 Å². The number of hydrogen-bond acceptors (Lipinski definition) is 4. The Hall–Kier alpha value is -0.910. The van der Waals surface area contributed by atoms with Crippen LogP contribution in [-0.2, 0) is 0 Å². The first-order chi connectivity index (χ1) is 9.54. The van der Waals surface area contributed by atoms with Gasteiger partial charge in [-0.15, -0.1) is 0 Å². The van der Waals surface area contributed by atoms with Crippen LogP contribution in [0.2, 0.25) is 0 Å². The van der Waals surface area contributed by atoms with Crippen LogP contribution in [-0.4, -0.2) is 58.6 Å². The molecule has 1 aliphatic rings. The molecule has 0 aliphatic carbocycles. The first kappa shape index (κ1) is 15.5. The van der Waals surface area contributed by atoms with Gasteiger partial charge in [0.2, 0.25) is 0 Å². The lowest BCUT2D eigenvalue weighted by Crippen LogP contribution is -2.43. The topological polar surface area (TPSA) is 50.3 Å². The van der Waals surface area contributed by atoms with Gasteiger partial charge in [0.1, 0.15) is 0 Å². The van der Waals surface area contributed by atoms with E-state index in [1.807, 2.05) is 12.5 Å². The van der Waals surface area contributed by atoms with E-state index in [2.05, 4.69) is 47.2 Å². The van der Waals surface area contributed by atoms with Crippen LogP contribution in [0, 0.1) is 0 Å². The minimum atomic E-state index is 0.265. The van der Waals surface area contributed by atoms with Crippen molar-refractivity contribution in [3.63, 3.8) is 0 Å². The highest BCUT2D eigenvalue weighted by Crippen LogP contribution is 2.26. The van der Waals surface area contributed by atoms with Crippen LogP contribution < -0.4 is 5.73 Å². The molecule has 1 aliphatic heterocycles. The molecule has 1 saturated heterocycles. The van der Waals surface area contributed by atoms with Crippen molar-refractivity contribution < 1.29 is 0 Å². The van der Waals surface area contributed by atoms with E-state index in [4.69, 9.17) is 5.73 Å². The van der Waals surface area contributed by atoms with Gasteiger partial charge in [0.15, 0.2) is 0 Å². The maximum absolute atomic E-state index is 6.12. The second-order valence-corrected chi connectivity index (χ2v) is 6.27. The Morgan fingerprint density at radius 2 is 2.15 bits per heavy atom. The Labute approximate surface area is 122 Å². The van der Waals surface area contributed by atoms with Gasteiger partial charge < -0.3 is 15.2 Å². The summed E-state index contributed by atoms with van der Waals surface area (Å²) in [6.07, 6.45) is 5.11. The molecule has 20 heavy (non-hydrogen) atoms. The first-order valence-electron chi connectivity index (χ1n) is 7.70. The predicted octanol–water partition coefficient (Wildman–Crippen LogP) is 1.49. The molecular formula is C15H29N5. The average molecular weight is 279 g/mol. The summed E-state index contributed by atoms with van der Waals surface area (Å²) < 4.78 is 2.25. The van der Waals surface area contributed by atoms with Crippen LogP contribution in [0.5, 0.6) is 0 Å². The van der Waals surface area contributed by atoms with E-state index in [1.165, 1.54) is 18.7 Å². The molecule has 0 aromatic carbocycles. The van der Waals surface area contributed by atoms with E-state index in [0.717, 1.165) is 13.1 Å². The monoisotopic (exact) mass is 279 g/mol. The SMILES string of the molecule is CC1CN(C)CCCN1C(CN)c1cncn1C(C)C.